The van der Waals surface area contributed by atoms with Crippen LogP contribution in [-0.4, -0.2) is 7.11 Å². The van der Waals surface area contributed by atoms with Gasteiger partial charge in [-0.3, -0.25) is 0 Å². The molecule has 0 aliphatic heterocycles. The maximum Gasteiger partial charge on any atom is 0.123 e. The lowest BCUT2D eigenvalue weighted by molar-refractivity contribution is 0.397. The molecule has 0 radical (unpaired) electrons. The Bertz CT molecular complexity index is 540. The van der Waals surface area contributed by atoms with Crippen LogP contribution in [0.5, 0.6) is 5.75 Å². The molecule has 0 saturated carbocycles. The van der Waals surface area contributed by atoms with Gasteiger partial charge in [-0.15, -0.1) is 11.3 Å². The van der Waals surface area contributed by atoms with Gasteiger partial charge in [0.25, 0.3) is 0 Å². The van der Waals surface area contributed by atoms with Crippen LogP contribution in [0.25, 0.3) is 0 Å². The molecular weight excluding hydrogens is 278 g/mol. The Morgan fingerprint density at radius 2 is 1.84 bits per heavy atom. The van der Waals surface area contributed by atoms with Crippen molar-refractivity contribution >= 4 is 22.9 Å². The highest BCUT2D eigenvalue weighted by molar-refractivity contribution is 7.16. The summed E-state index contributed by atoms with van der Waals surface area (Å²) in [6, 6.07) is 12.6. The summed E-state index contributed by atoms with van der Waals surface area (Å²) in [4.78, 5) is 1.24. The first kappa shape index (κ1) is 14.4. The van der Waals surface area contributed by atoms with Crippen molar-refractivity contribution < 1.29 is 4.74 Å². The minimum atomic E-state index is 0.215. The predicted octanol–water partition coefficient (Wildman–Crippen LogP) is 4.82. The zero-order valence-electron chi connectivity index (χ0n) is 11.3. The molecule has 0 bridgehead atoms. The Morgan fingerprint density at radius 1 is 1.11 bits per heavy atom. The number of methoxy groups -OCH3 is 1. The monoisotopic (exact) mass is 295 g/mol. The van der Waals surface area contributed by atoms with E-state index in [2.05, 4.69) is 31.3 Å². The molecule has 1 aromatic heterocycles. The Morgan fingerprint density at radius 3 is 2.47 bits per heavy atom. The van der Waals surface area contributed by atoms with Crippen LogP contribution >= 0.6 is 22.9 Å². The van der Waals surface area contributed by atoms with Crippen molar-refractivity contribution in [3.8, 4) is 5.75 Å². The van der Waals surface area contributed by atoms with Gasteiger partial charge in [-0.05, 0) is 32.0 Å². The molecule has 19 heavy (non-hydrogen) atoms. The van der Waals surface area contributed by atoms with Crippen LogP contribution < -0.4 is 10.1 Å². The molecule has 2 atom stereocenters. The fraction of sp³-hybridized carbons (Fsp3) is 0.333. The van der Waals surface area contributed by atoms with E-state index in [1.807, 2.05) is 24.3 Å². The maximum atomic E-state index is 5.98. The third-order valence-corrected chi connectivity index (χ3v) is 4.54. The molecular formula is C15H18ClNOS. The standard InChI is InChI=1S/C15H18ClNOS/c1-10(12-6-4-5-7-13(12)18-3)17-11(2)14-8-9-15(16)19-14/h4-11,17H,1-3H3/t10-,11?/m1/s1. The quantitative estimate of drug-likeness (QED) is 0.853. The zero-order valence-corrected chi connectivity index (χ0v) is 12.9. The molecule has 2 rings (SSSR count). The third-order valence-electron chi connectivity index (χ3n) is 3.13. The maximum absolute atomic E-state index is 5.98. The van der Waals surface area contributed by atoms with Gasteiger partial charge in [0.05, 0.1) is 11.4 Å². The van der Waals surface area contributed by atoms with Crippen LogP contribution in [0.4, 0.5) is 0 Å². The van der Waals surface area contributed by atoms with Crippen LogP contribution in [-0.2, 0) is 0 Å². The summed E-state index contributed by atoms with van der Waals surface area (Å²) in [6.07, 6.45) is 0. The number of para-hydroxylation sites is 1. The van der Waals surface area contributed by atoms with Crippen LogP contribution in [0, 0.1) is 0 Å². The second-order valence-electron chi connectivity index (χ2n) is 4.49. The Balaban J connectivity index is 2.10. The van der Waals surface area contributed by atoms with Crippen molar-refractivity contribution in [2.24, 2.45) is 0 Å². The van der Waals surface area contributed by atoms with E-state index in [1.165, 1.54) is 10.4 Å². The van der Waals surface area contributed by atoms with Crippen LogP contribution in [0.3, 0.4) is 0 Å². The third kappa shape index (κ3) is 3.50. The topological polar surface area (TPSA) is 21.3 Å². The molecule has 1 unspecified atom stereocenters. The van der Waals surface area contributed by atoms with E-state index >= 15 is 0 Å². The first-order chi connectivity index (χ1) is 9.11. The molecule has 0 aliphatic carbocycles. The molecule has 102 valence electrons. The van der Waals surface area contributed by atoms with Gasteiger partial charge in [0.15, 0.2) is 0 Å². The van der Waals surface area contributed by atoms with Gasteiger partial charge >= 0.3 is 0 Å². The molecule has 0 aliphatic rings. The first-order valence-corrected chi connectivity index (χ1v) is 7.45. The first-order valence-electron chi connectivity index (χ1n) is 6.26. The zero-order chi connectivity index (χ0) is 13.8. The smallest absolute Gasteiger partial charge is 0.123 e. The molecule has 4 heteroatoms. The summed E-state index contributed by atoms with van der Waals surface area (Å²) < 4.78 is 6.23. The summed E-state index contributed by atoms with van der Waals surface area (Å²) in [5.74, 6) is 0.916. The number of hydrogen-bond acceptors (Lipinski definition) is 3. The van der Waals surface area contributed by atoms with Gasteiger partial charge in [-0.2, -0.15) is 0 Å². The van der Waals surface area contributed by atoms with Crippen LogP contribution in [0.15, 0.2) is 36.4 Å². The number of benzene rings is 1. The van der Waals surface area contributed by atoms with Crippen molar-refractivity contribution in [3.05, 3.63) is 51.2 Å². The summed E-state index contributed by atoms with van der Waals surface area (Å²) in [5, 5.41) is 3.57. The van der Waals surface area contributed by atoms with Crippen molar-refractivity contribution in [1.29, 1.82) is 0 Å². The van der Waals surface area contributed by atoms with Gasteiger partial charge in [-0.1, -0.05) is 29.8 Å². The number of halogens is 1. The van der Waals surface area contributed by atoms with E-state index in [4.69, 9.17) is 16.3 Å². The number of nitrogens with one attached hydrogen (secondary N) is 1. The fourth-order valence-electron chi connectivity index (χ4n) is 2.13. The average molecular weight is 296 g/mol. The van der Waals surface area contributed by atoms with Crippen molar-refractivity contribution in [1.82, 2.24) is 5.32 Å². The lowest BCUT2D eigenvalue weighted by atomic mass is 10.1. The lowest BCUT2D eigenvalue weighted by Crippen LogP contribution is -2.22. The SMILES string of the molecule is COc1ccccc1[C@@H](C)NC(C)c1ccc(Cl)s1. The predicted molar refractivity (Wildman–Crippen MR) is 82.3 cm³/mol. The highest BCUT2D eigenvalue weighted by Crippen LogP contribution is 2.30. The second-order valence-corrected chi connectivity index (χ2v) is 6.24. The van der Waals surface area contributed by atoms with Gasteiger partial charge in [-0.25, -0.2) is 0 Å². The molecule has 2 aromatic rings. The van der Waals surface area contributed by atoms with Crippen molar-refractivity contribution in [3.63, 3.8) is 0 Å². The summed E-state index contributed by atoms with van der Waals surface area (Å²) in [7, 11) is 1.70. The Kier molecular flexibility index (Phi) is 4.86. The van der Waals surface area contributed by atoms with Gasteiger partial charge in [0.1, 0.15) is 5.75 Å². The van der Waals surface area contributed by atoms with E-state index in [0.29, 0.717) is 0 Å². The molecule has 1 heterocycles. The largest absolute Gasteiger partial charge is 0.496 e. The second kappa shape index (κ2) is 6.42. The number of hydrogen-bond donors (Lipinski definition) is 1. The highest BCUT2D eigenvalue weighted by atomic mass is 35.5. The molecule has 0 saturated heterocycles. The van der Waals surface area contributed by atoms with E-state index < -0.39 is 0 Å². The van der Waals surface area contributed by atoms with E-state index in [1.54, 1.807) is 18.4 Å². The Hall–Kier alpha value is -1.03. The van der Waals surface area contributed by atoms with Crippen molar-refractivity contribution in [2.45, 2.75) is 25.9 Å². The van der Waals surface area contributed by atoms with Gasteiger partial charge in [0.2, 0.25) is 0 Å². The van der Waals surface area contributed by atoms with Crippen LogP contribution in [0.2, 0.25) is 4.34 Å². The van der Waals surface area contributed by atoms with E-state index in [-0.39, 0.29) is 12.1 Å². The lowest BCUT2D eigenvalue weighted by Gasteiger charge is -2.21. The minimum Gasteiger partial charge on any atom is -0.496 e. The van der Waals surface area contributed by atoms with Crippen LogP contribution in [0.1, 0.15) is 36.4 Å². The summed E-state index contributed by atoms with van der Waals surface area (Å²) >= 11 is 7.59. The molecule has 0 amide bonds. The highest BCUT2D eigenvalue weighted by Gasteiger charge is 2.15. The number of thiophene rings is 1. The number of ether oxygens (including phenoxy) is 1. The average Bonchev–Trinajstić information content (AvgIpc) is 2.85. The van der Waals surface area contributed by atoms with Crippen molar-refractivity contribution in [2.75, 3.05) is 7.11 Å². The molecule has 0 fully saturated rings. The summed E-state index contributed by atoms with van der Waals surface area (Å²) in [5.41, 5.74) is 1.17. The minimum absolute atomic E-state index is 0.215. The molecule has 1 aromatic carbocycles. The van der Waals surface area contributed by atoms with Gasteiger partial charge in [0, 0.05) is 22.5 Å². The fourth-order valence-corrected chi connectivity index (χ4v) is 3.20. The van der Waals surface area contributed by atoms with E-state index in [9.17, 15) is 0 Å². The van der Waals surface area contributed by atoms with E-state index in [0.717, 1.165) is 10.1 Å². The Labute approximate surface area is 123 Å². The van der Waals surface area contributed by atoms with Gasteiger partial charge < -0.3 is 10.1 Å². The summed E-state index contributed by atoms with van der Waals surface area (Å²) in [6.45, 7) is 4.29. The molecule has 1 N–H and O–H groups in total. The number of rotatable bonds is 5. The molecule has 2 nitrogen and oxygen atoms in total. The normalized spacial score (nSPS) is 14.1. The molecule has 0 spiro atoms.